The van der Waals surface area contributed by atoms with Gasteiger partial charge in [0.25, 0.3) is 0 Å². The van der Waals surface area contributed by atoms with Crippen molar-refractivity contribution >= 4 is 0 Å². The Morgan fingerprint density at radius 2 is 2.00 bits per heavy atom. The first-order valence-corrected chi connectivity index (χ1v) is 5.02. The lowest BCUT2D eigenvalue weighted by Crippen LogP contribution is -2.13. The molecular formula is C12H18FN. The van der Waals surface area contributed by atoms with Gasteiger partial charge in [-0.3, -0.25) is 0 Å². The number of aryl methyl sites for hydroxylation is 1. The van der Waals surface area contributed by atoms with Crippen LogP contribution in [0.25, 0.3) is 0 Å². The highest BCUT2D eigenvalue weighted by Crippen LogP contribution is 2.20. The smallest absolute Gasteiger partial charge is 0.126 e. The van der Waals surface area contributed by atoms with Crippen molar-refractivity contribution in [3.63, 3.8) is 0 Å². The van der Waals surface area contributed by atoms with E-state index in [0.717, 1.165) is 12.0 Å². The van der Waals surface area contributed by atoms with Gasteiger partial charge < -0.3 is 5.73 Å². The highest BCUT2D eigenvalue weighted by Gasteiger charge is 2.09. The Bertz CT molecular complexity index is 307. The number of nitrogens with two attached hydrogens (primary N) is 1. The van der Waals surface area contributed by atoms with Gasteiger partial charge >= 0.3 is 0 Å². The summed E-state index contributed by atoms with van der Waals surface area (Å²) in [7, 11) is 0. The van der Waals surface area contributed by atoms with Gasteiger partial charge in [-0.25, -0.2) is 4.39 Å². The van der Waals surface area contributed by atoms with E-state index in [1.165, 1.54) is 6.07 Å². The van der Waals surface area contributed by atoms with Crippen LogP contribution in [-0.4, -0.2) is 0 Å². The standard InChI is InChI=1S/C12H18FN/c1-8(2)6-12(14)10-4-5-11(13)9(3)7-10/h4-5,7-8,12H,6,14H2,1-3H3/t12-/m1/s1. The minimum Gasteiger partial charge on any atom is -0.324 e. The van der Waals surface area contributed by atoms with Crippen LogP contribution in [0.4, 0.5) is 4.39 Å². The molecule has 2 heteroatoms. The molecule has 0 saturated heterocycles. The monoisotopic (exact) mass is 195 g/mol. The van der Waals surface area contributed by atoms with Gasteiger partial charge in [-0.2, -0.15) is 0 Å². The molecule has 1 aromatic rings. The van der Waals surface area contributed by atoms with Crippen LogP contribution in [0.2, 0.25) is 0 Å². The van der Waals surface area contributed by atoms with Crippen molar-refractivity contribution in [3.8, 4) is 0 Å². The second kappa shape index (κ2) is 4.56. The topological polar surface area (TPSA) is 26.0 Å². The Labute approximate surface area is 85.1 Å². The fourth-order valence-corrected chi connectivity index (χ4v) is 1.54. The quantitative estimate of drug-likeness (QED) is 0.787. The van der Waals surface area contributed by atoms with Gasteiger partial charge in [0.15, 0.2) is 0 Å². The van der Waals surface area contributed by atoms with E-state index in [1.807, 2.05) is 6.07 Å². The largest absolute Gasteiger partial charge is 0.324 e. The van der Waals surface area contributed by atoms with Crippen molar-refractivity contribution in [2.75, 3.05) is 0 Å². The highest BCUT2D eigenvalue weighted by atomic mass is 19.1. The summed E-state index contributed by atoms with van der Waals surface area (Å²) in [6.45, 7) is 6.04. The van der Waals surface area contributed by atoms with Crippen molar-refractivity contribution < 1.29 is 4.39 Å². The molecule has 0 aliphatic carbocycles. The second-order valence-corrected chi connectivity index (χ2v) is 4.24. The van der Waals surface area contributed by atoms with Gasteiger partial charge in [-0.1, -0.05) is 26.0 Å². The lowest BCUT2D eigenvalue weighted by Gasteiger charge is -2.15. The first-order valence-electron chi connectivity index (χ1n) is 5.02. The molecule has 0 bridgehead atoms. The molecule has 1 aromatic carbocycles. The zero-order valence-corrected chi connectivity index (χ0v) is 9.05. The maximum atomic E-state index is 13.0. The molecule has 0 aliphatic rings. The minimum absolute atomic E-state index is 0.0225. The van der Waals surface area contributed by atoms with Crippen molar-refractivity contribution in [1.29, 1.82) is 0 Å². The molecule has 0 amide bonds. The van der Waals surface area contributed by atoms with Crippen LogP contribution in [0.1, 0.15) is 37.4 Å². The summed E-state index contributed by atoms with van der Waals surface area (Å²) in [6.07, 6.45) is 0.936. The molecule has 78 valence electrons. The third-order valence-electron chi connectivity index (χ3n) is 2.34. The molecule has 1 rings (SSSR count). The van der Waals surface area contributed by atoms with Crippen LogP contribution in [-0.2, 0) is 0 Å². The number of benzene rings is 1. The molecular weight excluding hydrogens is 177 g/mol. The maximum absolute atomic E-state index is 13.0. The Morgan fingerprint density at radius 3 is 2.50 bits per heavy atom. The van der Waals surface area contributed by atoms with Crippen LogP contribution in [0, 0.1) is 18.7 Å². The summed E-state index contributed by atoms with van der Waals surface area (Å²) < 4.78 is 13.0. The van der Waals surface area contributed by atoms with Gasteiger partial charge in [0.1, 0.15) is 5.82 Å². The molecule has 0 heterocycles. The predicted octanol–water partition coefficient (Wildman–Crippen LogP) is 3.18. The summed E-state index contributed by atoms with van der Waals surface area (Å²) in [5, 5.41) is 0. The zero-order valence-electron chi connectivity index (χ0n) is 9.05. The Balaban J connectivity index is 2.80. The van der Waals surface area contributed by atoms with Crippen LogP contribution in [0.3, 0.4) is 0 Å². The summed E-state index contributed by atoms with van der Waals surface area (Å²) >= 11 is 0. The lowest BCUT2D eigenvalue weighted by atomic mass is 9.97. The van der Waals surface area contributed by atoms with E-state index in [-0.39, 0.29) is 11.9 Å². The van der Waals surface area contributed by atoms with Crippen LogP contribution < -0.4 is 5.73 Å². The Morgan fingerprint density at radius 1 is 1.36 bits per heavy atom. The molecule has 1 nitrogen and oxygen atoms in total. The predicted molar refractivity (Wildman–Crippen MR) is 57.5 cm³/mol. The number of rotatable bonds is 3. The van der Waals surface area contributed by atoms with Gasteiger partial charge in [-0.15, -0.1) is 0 Å². The molecule has 0 unspecified atom stereocenters. The second-order valence-electron chi connectivity index (χ2n) is 4.24. The number of hydrogen-bond acceptors (Lipinski definition) is 1. The average Bonchev–Trinajstić information content (AvgIpc) is 2.08. The van der Waals surface area contributed by atoms with Gasteiger partial charge in [0, 0.05) is 6.04 Å². The first-order chi connectivity index (χ1) is 6.50. The molecule has 0 aliphatic heterocycles. The summed E-state index contributed by atoms with van der Waals surface area (Å²) in [6, 6.07) is 5.12. The van der Waals surface area contributed by atoms with Crippen LogP contribution >= 0.6 is 0 Å². The number of hydrogen-bond donors (Lipinski definition) is 1. The fraction of sp³-hybridized carbons (Fsp3) is 0.500. The Kier molecular flexibility index (Phi) is 3.64. The summed E-state index contributed by atoms with van der Waals surface area (Å²) in [5.74, 6) is 0.404. The summed E-state index contributed by atoms with van der Waals surface area (Å²) in [4.78, 5) is 0. The third-order valence-corrected chi connectivity index (χ3v) is 2.34. The lowest BCUT2D eigenvalue weighted by molar-refractivity contribution is 0.508. The molecule has 0 spiro atoms. The van der Waals surface area contributed by atoms with E-state index in [4.69, 9.17) is 5.73 Å². The van der Waals surface area contributed by atoms with Gasteiger partial charge in [0.05, 0.1) is 0 Å². The van der Waals surface area contributed by atoms with E-state index < -0.39 is 0 Å². The zero-order chi connectivity index (χ0) is 10.7. The summed E-state index contributed by atoms with van der Waals surface area (Å²) in [5.41, 5.74) is 7.69. The average molecular weight is 195 g/mol. The van der Waals surface area contributed by atoms with Crippen LogP contribution in [0.5, 0.6) is 0 Å². The molecule has 2 N–H and O–H groups in total. The van der Waals surface area contributed by atoms with Crippen molar-refractivity contribution in [3.05, 3.63) is 35.1 Å². The highest BCUT2D eigenvalue weighted by molar-refractivity contribution is 5.26. The van der Waals surface area contributed by atoms with E-state index in [2.05, 4.69) is 13.8 Å². The molecule has 0 saturated carbocycles. The molecule has 0 aromatic heterocycles. The van der Waals surface area contributed by atoms with E-state index in [1.54, 1.807) is 13.0 Å². The molecule has 14 heavy (non-hydrogen) atoms. The maximum Gasteiger partial charge on any atom is 0.126 e. The minimum atomic E-state index is -0.162. The molecule has 0 radical (unpaired) electrons. The van der Waals surface area contributed by atoms with E-state index in [0.29, 0.717) is 11.5 Å². The van der Waals surface area contributed by atoms with E-state index in [9.17, 15) is 4.39 Å². The molecule has 0 fully saturated rings. The SMILES string of the molecule is Cc1cc([C@H](N)CC(C)C)ccc1F. The Hall–Kier alpha value is -0.890. The van der Waals surface area contributed by atoms with Crippen molar-refractivity contribution in [1.82, 2.24) is 0 Å². The van der Waals surface area contributed by atoms with Gasteiger partial charge in [0.2, 0.25) is 0 Å². The van der Waals surface area contributed by atoms with Gasteiger partial charge in [-0.05, 0) is 36.5 Å². The normalized spacial score (nSPS) is 13.3. The van der Waals surface area contributed by atoms with Crippen molar-refractivity contribution in [2.24, 2.45) is 11.7 Å². The third kappa shape index (κ3) is 2.81. The first kappa shape index (κ1) is 11.2. The van der Waals surface area contributed by atoms with Crippen molar-refractivity contribution in [2.45, 2.75) is 33.2 Å². The number of halogens is 1. The molecule has 1 atom stereocenters. The van der Waals surface area contributed by atoms with E-state index >= 15 is 0 Å². The fourth-order valence-electron chi connectivity index (χ4n) is 1.54. The van der Waals surface area contributed by atoms with Crippen LogP contribution in [0.15, 0.2) is 18.2 Å².